The van der Waals surface area contributed by atoms with E-state index in [1.165, 1.54) is 25.1 Å². The lowest BCUT2D eigenvalue weighted by atomic mass is 9.83. The number of rotatable bonds is 11. The third kappa shape index (κ3) is 8.52. The Morgan fingerprint density at radius 3 is 2.44 bits per heavy atom. The number of carbonyl (C=O) groups excluding carboxylic acids is 1. The maximum absolute atomic E-state index is 13.0. The highest BCUT2D eigenvalue weighted by Gasteiger charge is 2.53. The van der Waals surface area contributed by atoms with E-state index in [0.717, 1.165) is 17.8 Å². The van der Waals surface area contributed by atoms with Crippen molar-refractivity contribution in [1.29, 1.82) is 0 Å². The van der Waals surface area contributed by atoms with Gasteiger partial charge in [0.15, 0.2) is 11.5 Å². The first kappa shape index (κ1) is 36.1. The molecule has 0 aromatic heterocycles. The fraction of sp³-hybridized carbons (Fsp3) is 0.448. The van der Waals surface area contributed by atoms with Gasteiger partial charge >= 0.3 is 7.82 Å². The number of phosphoric acid groups is 1. The van der Waals surface area contributed by atoms with Gasteiger partial charge in [-0.05, 0) is 48.4 Å². The van der Waals surface area contributed by atoms with Gasteiger partial charge in [0.1, 0.15) is 62.2 Å². The van der Waals surface area contributed by atoms with Crippen molar-refractivity contribution in [3.05, 3.63) is 64.2 Å². The largest absolute Gasteiger partial charge is 0.524 e. The molecule has 0 spiro atoms. The summed E-state index contributed by atoms with van der Waals surface area (Å²) in [6, 6.07) is 9.31. The molecule has 8 N–H and O–H groups in total. The second-order valence-corrected chi connectivity index (χ2v) is 12.8. The van der Waals surface area contributed by atoms with Crippen molar-refractivity contribution in [3.8, 4) is 11.5 Å². The molecule has 1 amide bonds. The molecule has 262 valence electrons. The molecular weight excluding hydrogens is 683 g/mol. The fourth-order valence-electron chi connectivity index (χ4n) is 5.31. The summed E-state index contributed by atoms with van der Waals surface area (Å²) in [4.78, 5) is 37.2. The van der Waals surface area contributed by atoms with E-state index in [2.05, 4.69) is 10.5 Å². The molecule has 2 heterocycles. The Hall–Kier alpha value is -3.16. The maximum atomic E-state index is 13.0. The van der Waals surface area contributed by atoms with Crippen LogP contribution in [0.1, 0.15) is 18.1 Å². The number of ether oxygens (including phenoxy) is 4. The van der Waals surface area contributed by atoms with Gasteiger partial charge < -0.3 is 59.2 Å². The zero-order valence-corrected chi connectivity index (χ0v) is 26.7. The first-order valence-corrected chi connectivity index (χ1v) is 16.4. The minimum atomic E-state index is -5.15. The number of nitrogens with zero attached hydrogens (tertiary/aromatic N) is 1. The molecule has 19 heteroatoms. The van der Waals surface area contributed by atoms with Crippen LogP contribution in [0.3, 0.4) is 0 Å². The number of hydrogen-bond donors (Lipinski definition) is 8. The summed E-state index contributed by atoms with van der Waals surface area (Å²) in [7, 11) is -5.15. The third-order valence-electron chi connectivity index (χ3n) is 7.73. The van der Waals surface area contributed by atoms with E-state index in [1.807, 2.05) is 0 Å². The van der Waals surface area contributed by atoms with Crippen LogP contribution in [0.5, 0.6) is 11.5 Å². The minimum absolute atomic E-state index is 0.0304. The van der Waals surface area contributed by atoms with Crippen LogP contribution in [0.15, 0.2) is 53.2 Å². The molecule has 48 heavy (non-hydrogen) atoms. The number of benzene rings is 2. The Kier molecular flexibility index (Phi) is 11.4. The van der Waals surface area contributed by atoms with Crippen LogP contribution >= 0.6 is 19.4 Å². The number of amides is 1. The van der Waals surface area contributed by atoms with Gasteiger partial charge in [0.25, 0.3) is 0 Å². The molecule has 1 aliphatic carbocycles. The zero-order valence-electron chi connectivity index (χ0n) is 25.1. The predicted octanol–water partition coefficient (Wildman–Crippen LogP) is -0.435. The summed E-state index contributed by atoms with van der Waals surface area (Å²) in [5.41, 5.74) is 0.961. The lowest BCUT2D eigenvalue weighted by molar-refractivity contribution is -0.155. The number of nitrogens with one attached hydrogen (secondary N) is 1. The quantitative estimate of drug-likeness (QED) is 0.0635. The molecular formula is C29H34ClN2O15P. The van der Waals surface area contributed by atoms with Crippen LogP contribution in [-0.4, -0.2) is 115 Å². The maximum Gasteiger partial charge on any atom is 0.524 e. The van der Waals surface area contributed by atoms with Crippen molar-refractivity contribution in [2.45, 2.75) is 74.7 Å². The third-order valence-corrected chi connectivity index (χ3v) is 8.40. The molecule has 0 radical (unpaired) electrons. The number of aliphatic hydroxyl groups excluding tert-OH is 5. The van der Waals surface area contributed by atoms with Gasteiger partial charge in [-0.1, -0.05) is 35.0 Å². The van der Waals surface area contributed by atoms with E-state index in [0.29, 0.717) is 5.02 Å². The second kappa shape index (κ2) is 15.2. The van der Waals surface area contributed by atoms with Crippen LogP contribution in [0, 0.1) is 0 Å². The molecule has 2 aromatic carbocycles. The van der Waals surface area contributed by atoms with Crippen molar-refractivity contribution in [2.75, 3.05) is 6.79 Å². The lowest BCUT2D eigenvalue weighted by Gasteiger charge is -2.41. The molecule has 3 aliphatic rings. The molecule has 10 atom stereocenters. The summed E-state index contributed by atoms with van der Waals surface area (Å²) in [6.07, 6.45) is -9.78. The van der Waals surface area contributed by atoms with Crippen molar-refractivity contribution in [1.82, 2.24) is 5.32 Å². The molecule has 5 rings (SSSR count). The van der Waals surface area contributed by atoms with Crippen molar-refractivity contribution >= 4 is 37.6 Å². The van der Waals surface area contributed by atoms with Crippen LogP contribution < -0.4 is 14.6 Å². The van der Waals surface area contributed by atoms with Crippen LogP contribution in [-0.2, 0) is 35.0 Å². The minimum Gasteiger partial charge on any atom is -0.458 e. The van der Waals surface area contributed by atoms with Gasteiger partial charge in [0.2, 0.25) is 12.2 Å². The van der Waals surface area contributed by atoms with Crippen LogP contribution in [0.25, 0.3) is 6.08 Å². The Morgan fingerprint density at radius 2 is 1.73 bits per heavy atom. The lowest BCUT2D eigenvalue weighted by Crippen LogP contribution is -2.67. The average molecular weight is 717 g/mol. The molecule has 1 unspecified atom stereocenters. The average Bonchev–Trinajstić information content (AvgIpc) is 3.62. The van der Waals surface area contributed by atoms with E-state index < -0.39 is 80.6 Å². The van der Waals surface area contributed by atoms with Gasteiger partial charge in [-0.15, -0.1) is 0 Å². The molecule has 1 saturated carbocycles. The molecule has 2 aliphatic heterocycles. The van der Waals surface area contributed by atoms with Crippen LogP contribution in [0.4, 0.5) is 0 Å². The Morgan fingerprint density at radius 1 is 1.00 bits per heavy atom. The second-order valence-electron chi connectivity index (χ2n) is 11.2. The summed E-state index contributed by atoms with van der Waals surface area (Å²) in [5, 5.41) is 59.1. The van der Waals surface area contributed by atoms with Gasteiger partial charge in [0.05, 0.1) is 12.3 Å². The Labute approximate surface area is 278 Å². The summed E-state index contributed by atoms with van der Waals surface area (Å²) >= 11 is 5.94. The van der Waals surface area contributed by atoms with Crippen molar-refractivity contribution < 1.29 is 73.0 Å². The Bertz CT molecular complexity index is 1570. The number of aliphatic hydroxyl groups is 5. The molecule has 2 aromatic rings. The van der Waals surface area contributed by atoms with Crippen LogP contribution in [0.2, 0.25) is 5.02 Å². The predicted molar refractivity (Wildman–Crippen MR) is 163 cm³/mol. The number of hydrogen-bond acceptors (Lipinski definition) is 14. The molecule has 0 bridgehead atoms. The first-order valence-electron chi connectivity index (χ1n) is 14.5. The summed E-state index contributed by atoms with van der Waals surface area (Å²) in [6.45, 7) is 1.26. The van der Waals surface area contributed by atoms with E-state index in [9.17, 15) is 44.7 Å². The highest BCUT2D eigenvalue weighted by Crippen LogP contribution is 2.43. The number of oxime groups is 1. The van der Waals surface area contributed by atoms with Crippen molar-refractivity contribution in [2.24, 2.45) is 5.16 Å². The van der Waals surface area contributed by atoms with E-state index in [4.69, 9.17) is 39.9 Å². The zero-order chi connectivity index (χ0) is 34.7. The van der Waals surface area contributed by atoms with Crippen molar-refractivity contribution in [3.63, 3.8) is 0 Å². The van der Waals surface area contributed by atoms with E-state index in [1.54, 1.807) is 24.3 Å². The van der Waals surface area contributed by atoms with Gasteiger partial charge in [-0.3, -0.25) is 14.6 Å². The molecule has 17 nitrogen and oxygen atoms in total. The molecule has 3 fully saturated rings. The number of halogens is 1. The summed E-state index contributed by atoms with van der Waals surface area (Å²) < 4.78 is 38.1. The van der Waals surface area contributed by atoms with E-state index >= 15 is 0 Å². The monoisotopic (exact) mass is 716 g/mol. The number of phosphoric ester groups is 1. The van der Waals surface area contributed by atoms with Gasteiger partial charge in [0, 0.05) is 10.6 Å². The van der Waals surface area contributed by atoms with Gasteiger partial charge in [-0.25, -0.2) is 4.57 Å². The standard InChI is InChI=1S/C29H34ClN2O15P/c1-13(28(38)32-20-22(34)24(36)27-26(23(20)35)42-12-43-27)7-14-5-6-17(18(9-14)47-48(39,40)41)45-29-25(37)21(33)19(46-29)10-31-44-11-15-3-2-4-16(30)8-15/h2-10,19-27,29,33-37H,11-12H2,1H3,(H,32,38)(H2,39,40,41)/b13-7+,31-10-/t19-,20-,21-,22+,23-,24-,25?,26+,27-,29-/m1/s1. The molecule has 2 saturated heterocycles. The Balaban J connectivity index is 1.25. The van der Waals surface area contributed by atoms with E-state index in [-0.39, 0.29) is 30.3 Å². The number of carbonyl (C=O) groups is 1. The highest BCUT2D eigenvalue weighted by atomic mass is 35.5. The topological polar surface area (TPSA) is 256 Å². The smallest absolute Gasteiger partial charge is 0.458 e. The SMILES string of the molecule is C/C(=C\c1ccc(O[C@@H]2O[C@H](/C=N\OCc3cccc(Cl)c3)[C@@H](O)C2O)c(OP(=O)(O)O)c1)C(=O)N[C@@H]1[C@H](O)[C@@H](O)[C@H]2OCO[C@H]2[C@@H]1O. The normalized spacial score (nSPS) is 32.2. The van der Waals surface area contributed by atoms with Gasteiger partial charge in [-0.2, -0.15) is 0 Å². The first-order chi connectivity index (χ1) is 22.7. The number of fused-ring (bicyclic) bond motifs is 1. The highest BCUT2D eigenvalue weighted by molar-refractivity contribution is 7.46. The fourth-order valence-corrected chi connectivity index (χ4v) is 5.92. The summed E-state index contributed by atoms with van der Waals surface area (Å²) in [5.74, 6) is -1.54.